The van der Waals surface area contributed by atoms with E-state index in [4.69, 9.17) is 9.72 Å². The molecule has 120 valence electrons. The Morgan fingerprint density at radius 2 is 2.00 bits per heavy atom. The average molecular weight is 318 g/mol. The molecule has 1 fully saturated rings. The lowest BCUT2D eigenvalue weighted by atomic mass is 10.1. The van der Waals surface area contributed by atoms with Crippen LogP contribution in [0.4, 0.5) is 5.69 Å². The molecule has 2 aromatic heterocycles. The zero-order chi connectivity index (χ0) is 16.5. The fraction of sp³-hybridized carbons (Fsp3) is 0.263. The summed E-state index contributed by atoms with van der Waals surface area (Å²) in [6, 6.07) is 12.0. The summed E-state index contributed by atoms with van der Waals surface area (Å²) in [6.45, 7) is 2.24. The molecule has 0 aliphatic carbocycles. The Labute approximate surface area is 140 Å². The molecule has 1 saturated heterocycles. The number of hydrogen-bond acceptors (Lipinski definition) is 4. The van der Waals surface area contributed by atoms with Crippen LogP contribution in [0.25, 0.3) is 16.9 Å². The summed E-state index contributed by atoms with van der Waals surface area (Å²) in [5, 5.41) is 9.26. The molecular weight excluding hydrogens is 300 g/mol. The lowest BCUT2D eigenvalue weighted by molar-refractivity contribution is 0.413. The van der Waals surface area contributed by atoms with Gasteiger partial charge >= 0.3 is 0 Å². The third-order valence-corrected chi connectivity index (χ3v) is 4.53. The van der Waals surface area contributed by atoms with E-state index in [1.54, 1.807) is 7.11 Å². The van der Waals surface area contributed by atoms with E-state index in [-0.39, 0.29) is 0 Å². The summed E-state index contributed by atoms with van der Waals surface area (Å²) in [5.74, 6) is 0.585. The maximum atomic E-state index is 9.26. The van der Waals surface area contributed by atoms with Gasteiger partial charge in [-0.25, -0.2) is 4.98 Å². The van der Waals surface area contributed by atoms with E-state index in [2.05, 4.69) is 23.1 Å². The number of benzene rings is 1. The zero-order valence-corrected chi connectivity index (χ0v) is 13.6. The van der Waals surface area contributed by atoms with Gasteiger partial charge in [-0.05, 0) is 37.1 Å². The fourth-order valence-corrected chi connectivity index (χ4v) is 3.24. The van der Waals surface area contributed by atoms with Crippen molar-refractivity contribution in [2.45, 2.75) is 12.8 Å². The Morgan fingerprint density at radius 3 is 2.75 bits per heavy atom. The number of aromatic nitrogens is 2. The number of ether oxygens (including phenoxy) is 1. The molecule has 3 heterocycles. The fourth-order valence-electron chi connectivity index (χ4n) is 3.24. The molecular formula is C19H18N4O. The number of hydrogen-bond donors (Lipinski definition) is 0. The minimum Gasteiger partial charge on any atom is -0.495 e. The molecule has 0 atom stereocenters. The highest BCUT2D eigenvalue weighted by Crippen LogP contribution is 2.27. The largest absolute Gasteiger partial charge is 0.495 e. The van der Waals surface area contributed by atoms with Crippen LogP contribution in [0.2, 0.25) is 0 Å². The second kappa shape index (κ2) is 5.89. The Kier molecular flexibility index (Phi) is 3.58. The minimum atomic E-state index is 0.518. The van der Waals surface area contributed by atoms with Gasteiger partial charge in [0, 0.05) is 42.8 Å². The summed E-state index contributed by atoms with van der Waals surface area (Å²) >= 11 is 0. The van der Waals surface area contributed by atoms with Crippen molar-refractivity contribution >= 4 is 11.3 Å². The molecule has 5 heteroatoms. The topological polar surface area (TPSA) is 53.6 Å². The van der Waals surface area contributed by atoms with Crippen molar-refractivity contribution in [2.24, 2.45) is 0 Å². The van der Waals surface area contributed by atoms with Crippen LogP contribution in [0, 0.1) is 11.3 Å². The van der Waals surface area contributed by atoms with Gasteiger partial charge in [0.05, 0.1) is 18.4 Å². The molecule has 0 unspecified atom stereocenters. The van der Waals surface area contributed by atoms with Crippen molar-refractivity contribution in [1.29, 1.82) is 5.26 Å². The Balaban J connectivity index is 1.73. The minimum absolute atomic E-state index is 0.518. The van der Waals surface area contributed by atoms with Gasteiger partial charge in [0.25, 0.3) is 0 Å². The lowest BCUT2D eigenvalue weighted by Gasteiger charge is -2.17. The summed E-state index contributed by atoms with van der Waals surface area (Å²) in [4.78, 5) is 7.13. The van der Waals surface area contributed by atoms with Crippen molar-refractivity contribution in [1.82, 2.24) is 9.38 Å². The molecule has 0 N–H and O–H groups in total. The Morgan fingerprint density at radius 1 is 1.17 bits per heavy atom. The van der Waals surface area contributed by atoms with E-state index in [9.17, 15) is 5.26 Å². The average Bonchev–Trinajstić information content (AvgIpc) is 3.29. The van der Waals surface area contributed by atoms with Crippen molar-refractivity contribution in [3.05, 3.63) is 48.3 Å². The lowest BCUT2D eigenvalue weighted by Crippen LogP contribution is -2.17. The molecule has 24 heavy (non-hydrogen) atoms. The SMILES string of the molecule is COc1ccc(-c2cn3ccc(N4CCCC4)cc3n2)cc1C#N. The summed E-state index contributed by atoms with van der Waals surface area (Å²) < 4.78 is 7.22. The molecule has 5 nitrogen and oxygen atoms in total. The first kappa shape index (κ1) is 14.6. The third-order valence-electron chi connectivity index (χ3n) is 4.53. The van der Waals surface area contributed by atoms with Crippen LogP contribution in [0.3, 0.4) is 0 Å². The van der Waals surface area contributed by atoms with Crippen molar-refractivity contribution in [3.63, 3.8) is 0 Å². The highest BCUT2D eigenvalue weighted by molar-refractivity contribution is 5.68. The molecule has 1 aliphatic heterocycles. The highest BCUT2D eigenvalue weighted by atomic mass is 16.5. The van der Waals surface area contributed by atoms with E-state index >= 15 is 0 Å². The number of imidazole rings is 1. The molecule has 0 bridgehead atoms. The standard InChI is InChI=1S/C19H18N4O/c1-24-18-5-4-14(10-15(18)12-20)17-13-23-9-6-16(11-19(23)21-17)22-7-2-3-8-22/h4-6,9-11,13H,2-3,7-8H2,1H3. The number of anilines is 1. The molecule has 0 radical (unpaired) electrons. The quantitative estimate of drug-likeness (QED) is 0.742. The van der Waals surface area contributed by atoms with Crippen LogP contribution in [0.5, 0.6) is 5.75 Å². The molecule has 4 rings (SSSR count). The summed E-state index contributed by atoms with van der Waals surface area (Å²) in [6.07, 6.45) is 6.56. The second-order valence-electron chi connectivity index (χ2n) is 6.00. The first-order valence-electron chi connectivity index (χ1n) is 8.11. The number of rotatable bonds is 3. The van der Waals surface area contributed by atoms with Gasteiger partial charge in [-0.1, -0.05) is 0 Å². The van der Waals surface area contributed by atoms with Crippen molar-refractivity contribution in [3.8, 4) is 23.1 Å². The van der Waals surface area contributed by atoms with E-state index < -0.39 is 0 Å². The van der Waals surface area contributed by atoms with Gasteiger partial charge < -0.3 is 14.0 Å². The Bertz CT molecular complexity index is 932. The number of pyridine rings is 1. The smallest absolute Gasteiger partial charge is 0.139 e. The third kappa shape index (κ3) is 2.46. The van der Waals surface area contributed by atoms with E-state index in [0.717, 1.165) is 30.0 Å². The predicted octanol–water partition coefficient (Wildman–Crippen LogP) is 3.48. The monoisotopic (exact) mass is 318 g/mol. The van der Waals surface area contributed by atoms with Crippen LogP contribution < -0.4 is 9.64 Å². The second-order valence-corrected chi connectivity index (χ2v) is 6.00. The summed E-state index contributed by atoms with van der Waals surface area (Å²) in [5.41, 5.74) is 4.43. The van der Waals surface area contributed by atoms with E-state index in [1.165, 1.54) is 18.5 Å². The van der Waals surface area contributed by atoms with E-state index in [0.29, 0.717) is 11.3 Å². The molecule has 1 aliphatic rings. The van der Waals surface area contributed by atoms with Crippen LogP contribution in [-0.2, 0) is 0 Å². The first-order chi connectivity index (χ1) is 11.8. The molecule has 1 aromatic carbocycles. The van der Waals surface area contributed by atoms with Gasteiger partial charge in [-0.2, -0.15) is 5.26 Å². The van der Waals surface area contributed by atoms with Gasteiger partial charge in [-0.15, -0.1) is 0 Å². The van der Waals surface area contributed by atoms with Crippen LogP contribution >= 0.6 is 0 Å². The number of nitriles is 1. The first-order valence-corrected chi connectivity index (χ1v) is 8.11. The van der Waals surface area contributed by atoms with Crippen LogP contribution in [-0.4, -0.2) is 29.6 Å². The summed E-state index contributed by atoms with van der Waals surface area (Å²) in [7, 11) is 1.57. The van der Waals surface area contributed by atoms with Gasteiger partial charge in [0.1, 0.15) is 17.5 Å². The molecule has 0 spiro atoms. The number of nitrogens with zero attached hydrogens (tertiary/aromatic N) is 4. The predicted molar refractivity (Wildman–Crippen MR) is 93.3 cm³/mol. The zero-order valence-electron chi connectivity index (χ0n) is 13.6. The molecule has 0 amide bonds. The highest BCUT2D eigenvalue weighted by Gasteiger charge is 2.14. The molecule has 0 saturated carbocycles. The van der Waals surface area contributed by atoms with Crippen molar-refractivity contribution < 1.29 is 4.74 Å². The molecule has 3 aromatic rings. The van der Waals surface area contributed by atoms with Crippen LogP contribution in [0.1, 0.15) is 18.4 Å². The number of fused-ring (bicyclic) bond motifs is 1. The van der Waals surface area contributed by atoms with Gasteiger partial charge in [0.2, 0.25) is 0 Å². The van der Waals surface area contributed by atoms with Gasteiger partial charge in [-0.3, -0.25) is 0 Å². The normalized spacial score (nSPS) is 14.1. The number of methoxy groups -OCH3 is 1. The van der Waals surface area contributed by atoms with Gasteiger partial charge in [0.15, 0.2) is 0 Å². The maximum Gasteiger partial charge on any atom is 0.139 e. The van der Waals surface area contributed by atoms with E-state index in [1.807, 2.05) is 35.0 Å². The van der Waals surface area contributed by atoms with Crippen LogP contribution in [0.15, 0.2) is 42.7 Å². The Hall–Kier alpha value is -3.00. The van der Waals surface area contributed by atoms with Crippen molar-refractivity contribution in [2.75, 3.05) is 25.1 Å². The maximum absolute atomic E-state index is 9.26.